The van der Waals surface area contributed by atoms with Gasteiger partial charge in [-0.2, -0.15) is 0 Å². The Morgan fingerprint density at radius 3 is 3.00 bits per heavy atom. The zero-order valence-corrected chi connectivity index (χ0v) is 10.8. The van der Waals surface area contributed by atoms with Crippen molar-refractivity contribution in [2.24, 2.45) is 5.92 Å². The van der Waals surface area contributed by atoms with Crippen molar-refractivity contribution in [1.29, 1.82) is 0 Å². The summed E-state index contributed by atoms with van der Waals surface area (Å²) in [5.74, 6) is 1.00. The molecule has 0 aromatic heterocycles. The molecule has 0 unspecified atom stereocenters. The number of alkyl halides is 1. The van der Waals surface area contributed by atoms with Crippen LogP contribution in [-0.4, -0.2) is 8.94 Å². The van der Waals surface area contributed by atoms with Gasteiger partial charge in [-0.3, -0.25) is 0 Å². The smallest absolute Gasteiger partial charge is 0.00203 e. The Balaban J connectivity index is 2.25. The van der Waals surface area contributed by atoms with Crippen LogP contribution in [0.2, 0.25) is 0 Å². The molecule has 1 atom stereocenters. The van der Waals surface area contributed by atoms with Crippen LogP contribution in [0.15, 0.2) is 11.6 Å². The predicted octanol–water partition coefficient (Wildman–Crippen LogP) is 4.31. The Kier molecular flexibility index (Phi) is 5.92. The molecule has 0 amide bonds. The number of halogens is 1. The SMILES string of the molecule is C=ICCC1=CC[C@@H](CCC)CC1. The van der Waals surface area contributed by atoms with Crippen molar-refractivity contribution in [3.63, 3.8) is 0 Å². The maximum absolute atomic E-state index is 4.00. The normalized spacial score (nSPS) is 22.8. The summed E-state index contributed by atoms with van der Waals surface area (Å²) in [6.45, 7) is 2.30. The average molecular weight is 292 g/mol. The Labute approximate surface area is 92.6 Å². The van der Waals surface area contributed by atoms with Crippen LogP contribution in [0.1, 0.15) is 45.4 Å². The number of rotatable bonds is 5. The van der Waals surface area contributed by atoms with E-state index >= 15 is 0 Å². The molecule has 0 aliphatic heterocycles. The molecule has 1 heteroatoms. The lowest BCUT2D eigenvalue weighted by molar-refractivity contribution is 0.430. The maximum Gasteiger partial charge on any atom is -0.00203 e. The number of allylic oxidation sites excluding steroid dienone is 2. The maximum atomic E-state index is 4.00. The molecular formula is C12H21I. The summed E-state index contributed by atoms with van der Waals surface area (Å²) in [5.41, 5.74) is 1.73. The van der Waals surface area contributed by atoms with Gasteiger partial charge in [0.05, 0.1) is 0 Å². The van der Waals surface area contributed by atoms with Gasteiger partial charge >= 0.3 is 0 Å². The first-order valence-corrected chi connectivity index (χ1v) is 8.42. The van der Waals surface area contributed by atoms with Gasteiger partial charge < -0.3 is 0 Å². The highest BCUT2D eigenvalue weighted by Crippen LogP contribution is 2.28. The van der Waals surface area contributed by atoms with Crippen LogP contribution in [0.4, 0.5) is 0 Å². The van der Waals surface area contributed by atoms with Gasteiger partial charge in [-0.1, -0.05) is 35.9 Å². The molecule has 0 nitrogen and oxygen atoms in total. The van der Waals surface area contributed by atoms with Crippen LogP contribution in [0.25, 0.3) is 0 Å². The summed E-state index contributed by atoms with van der Waals surface area (Å²) in [5, 5.41) is 0. The van der Waals surface area contributed by atoms with E-state index in [1.54, 1.807) is 5.57 Å². The average Bonchev–Trinajstić information content (AvgIpc) is 2.17. The van der Waals surface area contributed by atoms with Gasteiger partial charge in [0, 0.05) is 0 Å². The van der Waals surface area contributed by atoms with Crippen molar-refractivity contribution >= 4 is 25.2 Å². The Morgan fingerprint density at radius 1 is 1.62 bits per heavy atom. The van der Waals surface area contributed by atoms with Crippen LogP contribution in [0.3, 0.4) is 0 Å². The molecule has 1 aliphatic carbocycles. The summed E-state index contributed by atoms with van der Waals surface area (Å²) < 4.78 is 5.39. The first kappa shape index (κ1) is 11.4. The summed E-state index contributed by atoms with van der Waals surface area (Å²) in [6, 6.07) is 0. The first-order chi connectivity index (χ1) is 6.36. The van der Waals surface area contributed by atoms with E-state index in [0.717, 1.165) is 5.92 Å². The van der Waals surface area contributed by atoms with E-state index in [0.29, 0.717) is 0 Å². The van der Waals surface area contributed by atoms with E-state index in [1.807, 2.05) is 0 Å². The van der Waals surface area contributed by atoms with Crippen molar-refractivity contribution < 1.29 is 0 Å². The lowest BCUT2D eigenvalue weighted by atomic mass is 9.86. The molecule has 0 spiro atoms. The van der Waals surface area contributed by atoms with E-state index in [2.05, 4.69) is 17.5 Å². The molecule has 0 aromatic rings. The van der Waals surface area contributed by atoms with E-state index in [4.69, 9.17) is 0 Å². The van der Waals surface area contributed by atoms with Crippen molar-refractivity contribution in [1.82, 2.24) is 0 Å². The van der Waals surface area contributed by atoms with E-state index in [-0.39, 0.29) is 20.7 Å². The van der Waals surface area contributed by atoms with Gasteiger partial charge in [-0.25, -0.2) is 0 Å². The molecule has 0 heterocycles. The van der Waals surface area contributed by atoms with Crippen LogP contribution < -0.4 is 0 Å². The van der Waals surface area contributed by atoms with Gasteiger partial charge in [-0.15, -0.1) is 20.7 Å². The molecule has 0 radical (unpaired) electrons. The van der Waals surface area contributed by atoms with E-state index in [9.17, 15) is 0 Å². The van der Waals surface area contributed by atoms with Gasteiger partial charge in [0.1, 0.15) is 0 Å². The van der Waals surface area contributed by atoms with Crippen molar-refractivity contribution in [2.75, 3.05) is 4.43 Å². The van der Waals surface area contributed by atoms with Crippen LogP contribution in [0, 0.1) is 5.92 Å². The minimum atomic E-state index is 0.271. The molecule has 1 rings (SSSR count). The van der Waals surface area contributed by atoms with Gasteiger partial charge in [0.2, 0.25) is 0 Å². The molecule has 1 aliphatic rings. The highest BCUT2D eigenvalue weighted by molar-refractivity contribution is 14.2. The molecule has 0 aromatic carbocycles. The van der Waals surface area contributed by atoms with E-state index in [1.165, 1.54) is 43.0 Å². The molecule has 0 saturated heterocycles. The fourth-order valence-electron chi connectivity index (χ4n) is 2.03. The molecule has 0 N–H and O–H groups in total. The zero-order valence-electron chi connectivity index (χ0n) is 8.69. The molecule has 0 bridgehead atoms. The van der Waals surface area contributed by atoms with Gasteiger partial charge in [-0.05, 0) is 36.0 Å². The second kappa shape index (κ2) is 6.74. The number of hydrogen-bond acceptors (Lipinski definition) is 0. The molecule has 0 saturated carbocycles. The summed E-state index contributed by atoms with van der Waals surface area (Å²) >= 11 is 0.271. The lowest BCUT2D eigenvalue weighted by Crippen LogP contribution is -2.05. The molecule has 76 valence electrons. The van der Waals surface area contributed by atoms with Crippen molar-refractivity contribution in [2.45, 2.75) is 45.4 Å². The first-order valence-electron chi connectivity index (χ1n) is 5.37. The number of hydrogen-bond donors (Lipinski definition) is 0. The molecular weight excluding hydrogens is 271 g/mol. The lowest BCUT2D eigenvalue weighted by Gasteiger charge is -2.21. The second-order valence-corrected chi connectivity index (χ2v) is 6.08. The Morgan fingerprint density at radius 2 is 2.46 bits per heavy atom. The second-order valence-electron chi connectivity index (χ2n) is 3.92. The van der Waals surface area contributed by atoms with Gasteiger partial charge in [0.15, 0.2) is 0 Å². The Hall–Kier alpha value is 0.340. The third kappa shape index (κ3) is 4.39. The van der Waals surface area contributed by atoms with Crippen molar-refractivity contribution in [3.05, 3.63) is 11.6 Å². The fourth-order valence-corrected chi connectivity index (χ4v) is 3.10. The third-order valence-electron chi connectivity index (χ3n) is 2.86. The Bertz CT molecular complexity index is 182. The van der Waals surface area contributed by atoms with E-state index < -0.39 is 0 Å². The largest absolute Gasteiger partial charge is 0.130 e. The zero-order chi connectivity index (χ0) is 9.52. The minimum Gasteiger partial charge on any atom is -0.130 e. The topological polar surface area (TPSA) is 0 Å². The quantitative estimate of drug-likeness (QED) is 0.402. The highest BCUT2D eigenvalue weighted by atomic mass is 127. The van der Waals surface area contributed by atoms with Gasteiger partial charge in [0.25, 0.3) is 0 Å². The van der Waals surface area contributed by atoms with Crippen LogP contribution >= 0.6 is 20.7 Å². The molecule has 13 heavy (non-hydrogen) atoms. The van der Waals surface area contributed by atoms with Crippen LogP contribution in [-0.2, 0) is 0 Å². The van der Waals surface area contributed by atoms with Crippen LogP contribution in [0.5, 0.6) is 0 Å². The third-order valence-corrected chi connectivity index (χ3v) is 4.16. The van der Waals surface area contributed by atoms with Crippen molar-refractivity contribution in [3.8, 4) is 0 Å². The predicted molar refractivity (Wildman–Crippen MR) is 71.0 cm³/mol. The minimum absolute atomic E-state index is 0.271. The summed E-state index contributed by atoms with van der Waals surface area (Å²) in [4.78, 5) is 0. The molecule has 0 fully saturated rings. The fraction of sp³-hybridized carbons (Fsp3) is 0.750. The monoisotopic (exact) mass is 292 g/mol. The highest BCUT2D eigenvalue weighted by Gasteiger charge is 2.12. The summed E-state index contributed by atoms with van der Waals surface area (Å²) in [6.07, 6.45) is 10.9. The standard InChI is InChI=1S/C12H21I/c1-3-4-11-5-7-12(8-6-11)9-10-13-2/h7,11H,2-6,8-10H2,1H3/t11-/m1/s1. The summed E-state index contributed by atoms with van der Waals surface area (Å²) in [7, 11) is 0.